The molecule has 0 aliphatic carbocycles. The molecule has 0 aliphatic rings. The molecule has 2 amide bonds. The summed E-state index contributed by atoms with van der Waals surface area (Å²) in [6.07, 6.45) is -3.99. The third-order valence-corrected chi connectivity index (χ3v) is 3.30. The molecule has 0 bridgehead atoms. The van der Waals surface area contributed by atoms with E-state index in [4.69, 9.17) is 11.6 Å². The molecule has 23 heavy (non-hydrogen) atoms. The van der Waals surface area contributed by atoms with E-state index in [1.807, 2.05) is 6.92 Å². The zero-order valence-electron chi connectivity index (χ0n) is 12.8. The average Bonchev–Trinajstić information content (AvgIpc) is 2.45. The Labute approximate surface area is 137 Å². The molecule has 1 aromatic rings. The van der Waals surface area contributed by atoms with Crippen LogP contribution in [-0.4, -0.2) is 24.9 Å². The predicted molar refractivity (Wildman–Crippen MR) is 82.4 cm³/mol. The molecule has 0 saturated heterocycles. The van der Waals surface area contributed by atoms with E-state index in [2.05, 4.69) is 5.32 Å². The van der Waals surface area contributed by atoms with Gasteiger partial charge in [-0.2, -0.15) is 13.2 Å². The van der Waals surface area contributed by atoms with Crippen molar-refractivity contribution < 1.29 is 22.8 Å². The zero-order chi connectivity index (χ0) is 17.6. The normalized spacial score (nSPS) is 11.2. The van der Waals surface area contributed by atoms with Gasteiger partial charge in [0.25, 0.3) is 0 Å². The second-order valence-electron chi connectivity index (χ2n) is 4.93. The molecule has 8 heteroatoms. The third kappa shape index (κ3) is 5.74. The van der Waals surface area contributed by atoms with Crippen LogP contribution in [0.3, 0.4) is 0 Å². The van der Waals surface area contributed by atoms with E-state index in [0.29, 0.717) is 6.54 Å². The Bertz CT molecular complexity index is 576. The fourth-order valence-electron chi connectivity index (χ4n) is 1.98. The van der Waals surface area contributed by atoms with Gasteiger partial charge in [-0.1, -0.05) is 18.5 Å². The van der Waals surface area contributed by atoms with Crippen molar-refractivity contribution in [1.82, 2.24) is 5.32 Å². The summed E-state index contributed by atoms with van der Waals surface area (Å²) >= 11 is 5.62. The number of amides is 2. The molecule has 0 aromatic heterocycles. The Morgan fingerprint density at radius 3 is 2.48 bits per heavy atom. The van der Waals surface area contributed by atoms with Gasteiger partial charge in [0.2, 0.25) is 11.8 Å². The number of carbonyl (C=O) groups is 2. The van der Waals surface area contributed by atoms with Crippen molar-refractivity contribution in [2.75, 3.05) is 18.0 Å². The van der Waals surface area contributed by atoms with Crippen LogP contribution < -0.4 is 10.2 Å². The predicted octanol–water partition coefficient (Wildman–Crippen LogP) is 3.63. The summed E-state index contributed by atoms with van der Waals surface area (Å²) in [5.41, 5.74) is -1.31. The van der Waals surface area contributed by atoms with Crippen molar-refractivity contribution in [1.29, 1.82) is 0 Å². The number of hydrogen-bond donors (Lipinski definition) is 1. The SMILES string of the molecule is CCCNC(=O)CCN(C(C)=O)c1ccc(Cl)cc1C(F)(F)F. The summed E-state index contributed by atoms with van der Waals surface area (Å²) in [5.74, 6) is -0.901. The minimum absolute atomic E-state index is 0.0785. The Kier molecular flexibility index (Phi) is 6.87. The van der Waals surface area contributed by atoms with E-state index < -0.39 is 17.6 Å². The number of carbonyl (C=O) groups excluding carboxylic acids is 2. The summed E-state index contributed by atoms with van der Waals surface area (Å²) in [4.78, 5) is 24.3. The maximum Gasteiger partial charge on any atom is 0.418 e. The van der Waals surface area contributed by atoms with Crippen LogP contribution in [0.1, 0.15) is 32.3 Å². The minimum Gasteiger partial charge on any atom is -0.356 e. The molecule has 1 N–H and O–H groups in total. The first-order chi connectivity index (χ1) is 10.7. The van der Waals surface area contributed by atoms with Crippen molar-refractivity contribution >= 4 is 29.1 Å². The van der Waals surface area contributed by atoms with Crippen molar-refractivity contribution in [2.24, 2.45) is 0 Å². The Balaban J connectivity index is 3.03. The molecule has 128 valence electrons. The van der Waals surface area contributed by atoms with Gasteiger partial charge < -0.3 is 10.2 Å². The van der Waals surface area contributed by atoms with Crippen molar-refractivity contribution in [3.63, 3.8) is 0 Å². The molecule has 0 atom stereocenters. The summed E-state index contributed by atoms with van der Waals surface area (Å²) in [7, 11) is 0. The van der Waals surface area contributed by atoms with Crippen LogP contribution in [0.25, 0.3) is 0 Å². The number of alkyl halides is 3. The zero-order valence-corrected chi connectivity index (χ0v) is 13.6. The van der Waals surface area contributed by atoms with Gasteiger partial charge in [0, 0.05) is 31.5 Å². The number of anilines is 1. The molecule has 0 spiro atoms. The number of rotatable bonds is 6. The van der Waals surface area contributed by atoms with Crippen LogP contribution >= 0.6 is 11.6 Å². The van der Waals surface area contributed by atoms with Crippen LogP contribution in [0, 0.1) is 0 Å². The van der Waals surface area contributed by atoms with Gasteiger partial charge in [0.05, 0.1) is 11.3 Å². The standard InChI is InChI=1S/C15H18ClF3N2O2/c1-3-7-20-14(23)6-8-21(10(2)22)13-5-4-11(16)9-12(13)15(17,18)19/h4-5,9H,3,6-8H2,1-2H3,(H,20,23). The summed E-state index contributed by atoms with van der Waals surface area (Å²) < 4.78 is 39.4. The molecule has 1 rings (SSSR count). The van der Waals surface area contributed by atoms with Gasteiger partial charge >= 0.3 is 6.18 Å². The van der Waals surface area contributed by atoms with Gasteiger partial charge in [0.15, 0.2) is 0 Å². The molecular weight excluding hydrogens is 333 g/mol. The lowest BCUT2D eigenvalue weighted by atomic mass is 10.1. The highest BCUT2D eigenvalue weighted by atomic mass is 35.5. The molecule has 1 aromatic carbocycles. The Morgan fingerprint density at radius 2 is 1.96 bits per heavy atom. The number of benzene rings is 1. The maximum atomic E-state index is 13.1. The van der Waals surface area contributed by atoms with Gasteiger partial charge in [-0.25, -0.2) is 0 Å². The van der Waals surface area contributed by atoms with Crippen molar-refractivity contribution in [2.45, 2.75) is 32.9 Å². The van der Waals surface area contributed by atoms with Crippen LogP contribution in [0.5, 0.6) is 0 Å². The van der Waals surface area contributed by atoms with Crippen molar-refractivity contribution in [3.05, 3.63) is 28.8 Å². The Morgan fingerprint density at radius 1 is 1.30 bits per heavy atom. The number of hydrogen-bond acceptors (Lipinski definition) is 2. The van der Waals surface area contributed by atoms with E-state index in [0.717, 1.165) is 30.4 Å². The molecule has 0 radical (unpaired) electrons. The largest absolute Gasteiger partial charge is 0.418 e. The Hall–Kier alpha value is -1.76. The molecule has 4 nitrogen and oxygen atoms in total. The van der Waals surface area contributed by atoms with Crippen LogP contribution in [0.2, 0.25) is 5.02 Å². The second kappa shape index (κ2) is 8.19. The van der Waals surface area contributed by atoms with Gasteiger partial charge in [-0.15, -0.1) is 0 Å². The first-order valence-electron chi connectivity index (χ1n) is 7.08. The lowest BCUT2D eigenvalue weighted by Gasteiger charge is -2.25. The van der Waals surface area contributed by atoms with Gasteiger partial charge in [0.1, 0.15) is 0 Å². The highest BCUT2D eigenvalue weighted by Gasteiger charge is 2.36. The highest BCUT2D eigenvalue weighted by Crippen LogP contribution is 2.38. The number of halogens is 4. The molecular formula is C15H18ClF3N2O2. The molecule has 0 saturated carbocycles. The monoisotopic (exact) mass is 350 g/mol. The summed E-state index contributed by atoms with van der Waals surface area (Å²) in [6.45, 7) is 3.37. The fraction of sp³-hybridized carbons (Fsp3) is 0.467. The van der Waals surface area contributed by atoms with E-state index in [9.17, 15) is 22.8 Å². The van der Waals surface area contributed by atoms with E-state index in [1.54, 1.807) is 0 Å². The lowest BCUT2D eigenvalue weighted by molar-refractivity contribution is -0.137. The number of nitrogens with zero attached hydrogens (tertiary/aromatic N) is 1. The van der Waals surface area contributed by atoms with Crippen LogP contribution in [-0.2, 0) is 15.8 Å². The molecule has 0 aliphatic heterocycles. The van der Waals surface area contributed by atoms with E-state index in [1.165, 1.54) is 6.07 Å². The van der Waals surface area contributed by atoms with Crippen LogP contribution in [0.4, 0.5) is 18.9 Å². The molecule has 0 heterocycles. The van der Waals surface area contributed by atoms with E-state index >= 15 is 0 Å². The second-order valence-corrected chi connectivity index (χ2v) is 5.37. The topological polar surface area (TPSA) is 49.4 Å². The van der Waals surface area contributed by atoms with Gasteiger partial charge in [-0.05, 0) is 24.6 Å². The van der Waals surface area contributed by atoms with E-state index in [-0.39, 0.29) is 29.6 Å². The third-order valence-electron chi connectivity index (χ3n) is 3.07. The number of nitrogens with one attached hydrogen (secondary N) is 1. The molecule has 0 unspecified atom stereocenters. The minimum atomic E-state index is -4.65. The van der Waals surface area contributed by atoms with Crippen LogP contribution in [0.15, 0.2) is 18.2 Å². The average molecular weight is 351 g/mol. The van der Waals surface area contributed by atoms with Gasteiger partial charge in [-0.3, -0.25) is 9.59 Å². The molecule has 0 fully saturated rings. The first-order valence-corrected chi connectivity index (χ1v) is 7.46. The first kappa shape index (κ1) is 19.3. The summed E-state index contributed by atoms with van der Waals surface area (Å²) in [6, 6.07) is 3.18. The fourth-order valence-corrected chi connectivity index (χ4v) is 2.16. The lowest BCUT2D eigenvalue weighted by Crippen LogP contribution is -2.35. The van der Waals surface area contributed by atoms with Crippen molar-refractivity contribution in [3.8, 4) is 0 Å². The quantitative estimate of drug-likeness (QED) is 0.851. The smallest absolute Gasteiger partial charge is 0.356 e. The highest BCUT2D eigenvalue weighted by molar-refractivity contribution is 6.30. The summed E-state index contributed by atoms with van der Waals surface area (Å²) in [5, 5.41) is 2.53. The maximum absolute atomic E-state index is 13.1.